The van der Waals surface area contributed by atoms with Crippen LogP contribution in [0.15, 0.2) is 29.1 Å². The lowest BCUT2D eigenvalue weighted by atomic mass is 9.99. The monoisotopic (exact) mass is 415 g/mol. The maximum atomic E-state index is 13.2. The number of carbonyl (C=O) groups excluding carboxylic acids is 1. The van der Waals surface area contributed by atoms with Gasteiger partial charge in [-0.3, -0.25) is 9.59 Å². The Morgan fingerprint density at radius 1 is 1.29 bits per heavy atom. The van der Waals surface area contributed by atoms with Gasteiger partial charge in [0.1, 0.15) is 5.82 Å². The number of benzene rings is 1. The van der Waals surface area contributed by atoms with E-state index in [1.54, 1.807) is 34.4 Å². The molecule has 1 aliphatic carbocycles. The molecule has 3 aromatic rings. The van der Waals surface area contributed by atoms with Crippen LogP contribution < -0.4 is 5.56 Å². The number of aryl methyl sites for hydroxylation is 2. The van der Waals surface area contributed by atoms with Crippen molar-refractivity contribution < 1.29 is 4.79 Å². The average molecular weight is 416 g/mol. The smallest absolute Gasteiger partial charge is 0.264 e. The molecule has 1 aliphatic rings. The number of nitrogens with one attached hydrogen (secondary N) is 1. The highest BCUT2D eigenvalue weighted by atomic mass is 35.5. The third kappa shape index (κ3) is 3.84. The molecule has 0 saturated heterocycles. The molecule has 2 heterocycles. The highest BCUT2D eigenvalue weighted by Crippen LogP contribution is 2.30. The van der Waals surface area contributed by atoms with E-state index in [0.29, 0.717) is 28.3 Å². The number of aromatic nitrogens is 2. The molecule has 1 N–H and O–H groups in total. The van der Waals surface area contributed by atoms with Crippen LogP contribution in [0, 0.1) is 0 Å². The lowest BCUT2D eigenvalue weighted by Crippen LogP contribution is -2.32. The second kappa shape index (κ2) is 8.05. The first-order valence-electron chi connectivity index (χ1n) is 9.64. The maximum absolute atomic E-state index is 13.2. The topological polar surface area (TPSA) is 66.1 Å². The molecule has 0 saturated carbocycles. The molecule has 4 rings (SSSR count). The van der Waals surface area contributed by atoms with E-state index in [-0.39, 0.29) is 18.0 Å². The molecule has 0 unspecified atom stereocenters. The molecular weight excluding hydrogens is 394 g/mol. The summed E-state index contributed by atoms with van der Waals surface area (Å²) in [5, 5.41) is 1.02. The number of fused-ring (bicyclic) bond motifs is 2. The normalized spacial score (nSPS) is 13.5. The Balaban J connectivity index is 1.63. The molecule has 146 valence electrons. The van der Waals surface area contributed by atoms with Gasteiger partial charge in [0.2, 0.25) is 0 Å². The number of amides is 1. The predicted octanol–water partition coefficient (Wildman–Crippen LogP) is 4.57. The fourth-order valence-corrected chi connectivity index (χ4v) is 5.08. The summed E-state index contributed by atoms with van der Waals surface area (Å²) in [4.78, 5) is 36.8. The van der Waals surface area contributed by atoms with Gasteiger partial charge in [0.05, 0.1) is 22.3 Å². The third-order valence-electron chi connectivity index (χ3n) is 5.05. The van der Waals surface area contributed by atoms with Gasteiger partial charge < -0.3 is 9.88 Å². The van der Waals surface area contributed by atoms with Crippen LogP contribution in [0.4, 0.5) is 0 Å². The van der Waals surface area contributed by atoms with Crippen molar-refractivity contribution >= 4 is 39.7 Å². The third-order valence-corrected chi connectivity index (χ3v) is 6.51. The molecule has 0 spiro atoms. The van der Waals surface area contributed by atoms with E-state index >= 15 is 0 Å². The molecule has 0 aliphatic heterocycles. The van der Waals surface area contributed by atoms with E-state index in [9.17, 15) is 9.59 Å². The largest absolute Gasteiger partial charge is 0.330 e. The zero-order valence-corrected chi connectivity index (χ0v) is 17.3. The van der Waals surface area contributed by atoms with Crippen molar-refractivity contribution in [2.24, 2.45) is 0 Å². The Morgan fingerprint density at radius 2 is 2.11 bits per heavy atom. The fraction of sp³-hybridized carbons (Fsp3) is 0.381. The van der Waals surface area contributed by atoms with Gasteiger partial charge in [-0.15, -0.1) is 11.3 Å². The van der Waals surface area contributed by atoms with E-state index < -0.39 is 0 Å². The lowest BCUT2D eigenvalue weighted by molar-refractivity contribution is 0.0743. The minimum absolute atomic E-state index is 0.00934. The quantitative estimate of drug-likeness (QED) is 0.663. The molecule has 7 heteroatoms. The Kier molecular flexibility index (Phi) is 5.51. The second-order valence-electron chi connectivity index (χ2n) is 7.17. The van der Waals surface area contributed by atoms with Crippen molar-refractivity contribution in [2.75, 3.05) is 6.54 Å². The predicted molar refractivity (Wildman–Crippen MR) is 113 cm³/mol. The zero-order valence-electron chi connectivity index (χ0n) is 15.8. The highest BCUT2D eigenvalue weighted by Gasteiger charge is 2.22. The number of halogens is 1. The number of nitrogens with zero attached hydrogens (tertiary/aromatic N) is 2. The average Bonchev–Trinajstić information content (AvgIpc) is 3.11. The molecular formula is C21H22ClN3O2S. The molecule has 0 fully saturated rings. The van der Waals surface area contributed by atoms with Crippen LogP contribution in [0.3, 0.4) is 0 Å². The Bertz CT molecular complexity index is 1070. The standard InChI is InChI=1S/C21H22ClN3O2S/c1-2-9-25(21(27)18-10-13-5-3-4-6-17(13)28-18)12-19-23-16-11-14(22)7-8-15(16)20(26)24-19/h7-8,10-11H,2-6,9,12H2,1H3,(H,23,24,26). The van der Waals surface area contributed by atoms with Gasteiger partial charge >= 0.3 is 0 Å². The number of thiophene rings is 1. The van der Waals surface area contributed by atoms with Crippen LogP contribution in [0.2, 0.25) is 5.02 Å². The van der Waals surface area contributed by atoms with Gasteiger partial charge in [-0.1, -0.05) is 18.5 Å². The zero-order chi connectivity index (χ0) is 19.7. The number of H-pyrrole nitrogens is 1. The van der Waals surface area contributed by atoms with Crippen LogP contribution in [-0.2, 0) is 19.4 Å². The summed E-state index contributed by atoms with van der Waals surface area (Å²) in [6, 6.07) is 7.07. The van der Waals surface area contributed by atoms with Crippen molar-refractivity contribution in [1.29, 1.82) is 0 Å². The maximum Gasteiger partial charge on any atom is 0.264 e. The molecule has 1 aromatic carbocycles. The minimum Gasteiger partial charge on any atom is -0.330 e. The van der Waals surface area contributed by atoms with Gasteiger partial charge in [0, 0.05) is 16.4 Å². The van der Waals surface area contributed by atoms with E-state index in [0.717, 1.165) is 24.1 Å². The summed E-state index contributed by atoms with van der Waals surface area (Å²) in [6.07, 6.45) is 5.36. The molecule has 1 amide bonds. The molecule has 2 aromatic heterocycles. The van der Waals surface area contributed by atoms with Crippen molar-refractivity contribution in [1.82, 2.24) is 14.9 Å². The van der Waals surface area contributed by atoms with Gasteiger partial charge in [0.25, 0.3) is 11.5 Å². The van der Waals surface area contributed by atoms with Crippen molar-refractivity contribution in [3.05, 3.63) is 60.8 Å². The van der Waals surface area contributed by atoms with Crippen LogP contribution >= 0.6 is 22.9 Å². The summed E-state index contributed by atoms with van der Waals surface area (Å²) >= 11 is 7.66. The molecule has 0 bridgehead atoms. The van der Waals surface area contributed by atoms with Crippen molar-refractivity contribution in [3.63, 3.8) is 0 Å². The lowest BCUT2D eigenvalue weighted by Gasteiger charge is -2.21. The number of carbonyl (C=O) groups is 1. The first-order valence-corrected chi connectivity index (χ1v) is 10.8. The van der Waals surface area contributed by atoms with E-state index in [1.807, 2.05) is 6.92 Å². The van der Waals surface area contributed by atoms with Gasteiger partial charge in [0.15, 0.2) is 0 Å². The van der Waals surface area contributed by atoms with Gasteiger partial charge in [-0.05, 0) is 61.9 Å². The number of hydrogen-bond donors (Lipinski definition) is 1. The number of hydrogen-bond acceptors (Lipinski definition) is 4. The first kappa shape index (κ1) is 19.2. The fourth-order valence-electron chi connectivity index (χ4n) is 3.69. The van der Waals surface area contributed by atoms with Crippen LogP contribution in [-0.4, -0.2) is 27.3 Å². The number of rotatable bonds is 5. The van der Waals surface area contributed by atoms with Gasteiger partial charge in [-0.2, -0.15) is 0 Å². The highest BCUT2D eigenvalue weighted by molar-refractivity contribution is 7.14. The summed E-state index contributed by atoms with van der Waals surface area (Å²) < 4.78 is 0. The minimum atomic E-state index is -0.216. The van der Waals surface area contributed by atoms with Crippen molar-refractivity contribution in [3.8, 4) is 0 Å². The molecule has 0 radical (unpaired) electrons. The van der Waals surface area contributed by atoms with Crippen LogP contribution in [0.1, 0.15) is 52.1 Å². The molecule has 0 atom stereocenters. The number of aromatic amines is 1. The Hall–Kier alpha value is -2.18. The van der Waals surface area contributed by atoms with E-state index in [1.165, 1.54) is 23.3 Å². The van der Waals surface area contributed by atoms with E-state index in [4.69, 9.17) is 11.6 Å². The Labute approximate surface area is 172 Å². The summed E-state index contributed by atoms with van der Waals surface area (Å²) in [7, 11) is 0. The van der Waals surface area contributed by atoms with Crippen LogP contribution in [0.5, 0.6) is 0 Å². The summed E-state index contributed by atoms with van der Waals surface area (Å²) in [5.41, 5.74) is 1.65. The molecule has 28 heavy (non-hydrogen) atoms. The van der Waals surface area contributed by atoms with Crippen LogP contribution in [0.25, 0.3) is 10.9 Å². The summed E-state index contributed by atoms with van der Waals surface area (Å²) in [6.45, 7) is 2.92. The Morgan fingerprint density at radius 3 is 2.89 bits per heavy atom. The van der Waals surface area contributed by atoms with Gasteiger partial charge in [-0.25, -0.2) is 4.98 Å². The first-order chi connectivity index (χ1) is 13.5. The SMILES string of the molecule is CCCN(Cc1nc2cc(Cl)ccc2c(=O)[nH]1)C(=O)c1cc2c(s1)CCCC2. The second-order valence-corrected chi connectivity index (χ2v) is 8.74. The molecule has 5 nitrogen and oxygen atoms in total. The van der Waals surface area contributed by atoms with E-state index in [2.05, 4.69) is 16.0 Å². The summed E-state index contributed by atoms with van der Waals surface area (Å²) in [5.74, 6) is 0.484. The van der Waals surface area contributed by atoms with Crippen molar-refractivity contribution in [2.45, 2.75) is 45.6 Å².